The van der Waals surface area contributed by atoms with Crippen LogP contribution in [0.3, 0.4) is 0 Å². The van der Waals surface area contributed by atoms with Gasteiger partial charge in [0.05, 0.1) is 6.10 Å². The zero-order chi connectivity index (χ0) is 18.9. The average Bonchev–Trinajstić information content (AvgIpc) is 2.73. The molecule has 2 fully saturated rings. The first-order valence-electron chi connectivity index (χ1n) is 11.1. The molecule has 0 bridgehead atoms. The lowest BCUT2D eigenvalue weighted by Crippen LogP contribution is -2.20. The maximum Gasteiger partial charge on any atom is 0.0575 e. The van der Waals surface area contributed by atoms with Crippen LogP contribution < -0.4 is 0 Å². The van der Waals surface area contributed by atoms with Gasteiger partial charge in [0, 0.05) is 18.1 Å². The molecule has 1 aromatic carbocycles. The lowest BCUT2D eigenvalue weighted by molar-refractivity contribution is 0.0310. The Morgan fingerprint density at radius 1 is 1.00 bits per heavy atom. The van der Waals surface area contributed by atoms with E-state index in [4.69, 9.17) is 4.74 Å². The fourth-order valence-corrected chi connectivity index (χ4v) is 4.77. The maximum absolute atomic E-state index is 5.74. The zero-order valence-corrected chi connectivity index (χ0v) is 17.1. The predicted molar refractivity (Wildman–Crippen MR) is 115 cm³/mol. The van der Waals surface area contributed by atoms with Crippen molar-refractivity contribution in [1.29, 1.82) is 0 Å². The maximum atomic E-state index is 5.74. The van der Waals surface area contributed by atoms with Crippen molar-refractivity contribution in [3.63, 3.8) is 0 Å². The Labute approximate surface area is 166 Å². The van der Waals surface area contributed by atoms with E-state index >= 15 is 0 Å². The lowest BCUT2D eigenvalue weighted by atomic mass is 9.77. The Morgan fingerprint density at radius 2 is 1.70 bits per heavy atom. The summed E-state index contributed by atoms with van der Waals surface area (Å²) >= 11 is 0. The van der Waals surface area contributed by atoms with E-state index in [1.165, 1.54) is 75.3 Å². The van der Waals surface area contributed by atoms with Gasteiger partial charge in [0.25, 0.3) is 0 Å². The van der Waals surface area contributed by atoms with Gasteiger partial charge in [0.2, 0.25) is 0 Å². The normalized spacial score (nSPS) is 28.2. The Balaban J connectivity index is 1.47. The van der Waals surface area contributed by atoms with Crippen molar-refractivity contribution in [2.24, 2.45) is 11.8 Å². The average molecular weight is 365 g/mol. The molecule has 0 radical (unpaired) electrons. The summed E-state index contributed by atoms with van der Waals surface area (Å²) < 4.78 is 5.74. The molecule has 0 amide bonds. The summed E-state index contributed by atoms with van der Waals surface area (Å²) in [6, 6.07) is 9.12. The van der Waals surface area contributed by atoms with Gasteiger partial charge in [-0.25, -0.2) is 0 Å². The molecule has 1 nitrogen and oxygen atoms in total. The standard InChI is InChI=1S/C26H36O/c1-3-5-6-21-9-15-24(16-10-21)25-17-11-22(12-18-25)7-8-23-13-19-26(20-14-23)27-4-2/h3,11-12,17-18,21,23-24,26H,1,4-6,9-10,13-16,19-20H2,2H3/t21-,23-,24-,26-. The fourth-order valence-electron chi connectivity index (χ4n) is 4.77. The van der Waals surface area contributed by atoms with Crippen molar-refractivity contribution in [3.05, 3.63) is 48.0 Å². The van der Waals surface area contributed by atoms with E-state index in [1.54, 1.807) is 0 Å². The second-order valence-corrected chi connectivity index (χ2v) is 8.40. The highest BCUT2D eigenvalue weighted by Gasteiger charge is 2.22. The van der Waals surface area contributed by atoms with Crippen LogP contribution in [0.25, 0.3) is 0 Å². The van der Waals surface area contributed by atoms with Crippen LogP contribution in [0.1, 0.15) is 88.2 Å². The van der Waals surface area contributed by atoms with Crippen LogP contribution in [0.5, 0.6) is 0 Å². The molecule has 0 N–H and O–H groups in total. The molecule has 27 heavy (non-hydrogen) atoms. The SMILES string of the molecule is C=CCC[C@H]1CC[C@H](c2ccc(C#C[C@H]3CC[C@H](OCC)CC3)cc2)CC1. The third-order valence-corrected chi connectivity index (χ3v) is 6.51. The summed E-state index contributed by atoms with van der Waals surface area (Å²) in [4.78, 5) is 0. The molecule has 2 aliphatic rings. The number of rotatable bonds is 6. The van der Waals surface area contributed by atoms with Crippen LogP contribution in [-0.2, 0) is 4.74 Å². The molecule has 0 atom stereocenters. The van der Waals surface area contributed by atoms with Crippen molar-refractivity contribution in [2.75, 3.05) is 6.61 Å². The molecule has 0 heterocycles. The smallest absolute Gasteiger partial charge is 0.0575 e. The van der Waals surface area contributed by atoms with E-state index in [0.29, 0.717) is 12.0 Å². The molecule has 0 aliphatic heterocycles. The van der Waals surface area contributed by atoms with E-state index in [1.807, 2.05) is 0 Å². The summed E-state index contributed by atoms with van der Waals surface area (Å²) in [6.07, 6.45) is 15.2. The zero-order valence-electron chi connectivity index (χ0n) is 17.1. The van der Waals surface area contributed by atoms with Gasteiger partial charge < -0.3 is 4.74 Å². The molecule has 2 saturated carbocycles. The highest BCUT2D eigenvalue weighted by atomic mass is 16.5. The largest absolute Gasteiger partial charge is 0.379 e. The number of hydrogen-bond acceptors (Lipinski definition) is 1. The molecular weight excluding hydrogens is 328 g/mol. The quantitative estimate of drug-likeness (QED) is 0.395. The van der Waals surface area contributed by atoms with Gasteiger partial charge in [0.1, 0.15) is 0 Å². The monoisotopic (exact) mass is 364 g/mol. The van der Waals surface area contributed by atoms with E-state index < -0.39 is 0 Å². The summed E-state index contributed by atoms with van der Waals surface area (Å²) in [5, 5.41) is 0. The van der Waals surface area contributed by atoms with E-state index in [-0.39, 0.29) is 0 Å². The first-order valence-corrected chi connectivity index (χ1v) is 11.1. The molecule has 0 aromatic heterocycles. The minimum Gasteiger partial charge on any atom is -0.379 e. The Morgan fingerprint density at radius 3 is 2.33 bits per heavy atom. The van der Waals surface area contributed by atoms with Gasteiger partial charge in [-0.1, -0.05) is 30.0 Å². The van der Waals surface area contributed by atoms with Crippen LogP contribution >= 0.6 is 0 Å². The Kier molecular flexibility index (Phi) is 8.03. The summed E-state index contributed by atoms with van der Waals surface area (Å²) in [5.74, 6) is 9.15. The Hall–Kier alpha value is -1.52. The van der Waals surface area contributed by atoms with Crippen molar-refractivity contribution in [1.82, 2.24) is 0 Å². The summed E-state index contributed by atoms with van der Waals surface area (Å²) in [6.45, 7) is 6.78. The molecule has 3 rings (SSSR count). The number of ether oxygens (including phenoxy) is 1. The van der Waals surface area contributed by atoms with Crippen LogP contribution in [0.15, 0.2) is 36.9 Å². The van der Waals surface area contributed by atoms with Crippen molar-refractivity contribution in [2.45, 2.75) is 83.2 Å². The number of allylic oxidation sites excluding steroid dienone is 1. The second kappa shape index (κ2) is 10.7. The van der Waals surface area contributed by atoms with Crippen molar-refractivity contribution < 1.29 is 4.74 Å². The molecule has 146 valence electrons. The molecule has 1 aromatic rings. The van der Waals surface area contributed by atoms with Gasteiger partial charge in [0.15, 0.2) is 0 Å². The van der Waals surface area contributed by atoms with E-state index in [0.717, 1.165) is 18.4 Å². The number of benzene rings is 1. The van der Waals surface area contributed by atoms with Gasteiger partial charge in [-0.2, -0.15) is 0 Å². The molecule has 0 spiro atoms. The minimum atomic E-state index is 0.471. The fraction of sp³-hybridized carbons (Fsp3) is 0.615. The van der Waals surface area contributed by atoms with Gasteiger partial charge in [-0.15, -0.1) is 6.58 Å². The molecular formula is C26H36O. The Bertz CT molecular complexity index is 616. The highest BCUT2D eigenvalue weighted by molar-refractivity contribution is 5.37. The third kappa shape index (κ3) is 6.25. The van der Waals surface area contributed by atoms with Crippen molar-refractivity contribution >= 4 is 0 Å². The van der Waals surface area contributed by atoms with Gasteiger partial charge in [-0.3, -0.25) is 0 Å². The molecule has 2 aliphatic carbocycles. The minimum absolute atomic E-state index is 0.471. The van der Waals surface area contributed by atoms with Gasteiger partial charge in [-0.05, 0) is 101 Å². The van der Waals surface area contributed by atoms with E-state index in [9.17, 15) is 0 Å². The summed E-state index contributed by atoms with van der Waals surface area (Å²) in [5.41, 5.74) is 2.69. The third-order valence-electron chi connectivity index (χ3n) is 6.51. The van der Waals surface area contributed by atoms with Crippen LogP contribution in [0, 0.1) is 23.7 Å². The van der Waals surface area contributed by atoms with Crippen LogP contribution in [-0.4, -0.2) is 12.7 Å². The first kappa shape index (κ1) is 20.2. The van der Waals surface area contributed by atoms with Crippen LogP contribution in [0.2, 0.25) is 0 Å². The highest BCUT2D eigenvalue weighted by Crippen LogP contribution is 2.37. The van der Waals surface area contributed by atoms with Gasteiger partial charge >= 0.3 is 0 Å². The lowest BCUT2D eigenvalue weighted by Gasteiger charge is -2.28. The molecule has 0 unspecified atom stereocenters. The van der Waals surface area contributed by atoms with Crippen LogP contribution in [0.4, 0.5) is 0 Å². The van der Waals surface area contributed by atoms with Crippen molar-refractivity contribution in [3.8, 4) is 11.8 Å². The number of hydrogen-bond donors (Lipinski definition) is 0. The summed E-state index contributed by atoms with van der Waals surface area (Å²) in [7, 11) is 0. The molecule has 0 saturated heterocycles. The van der Waals surface area contributed by atoms with E-state index in [2.05, 4.69) is 55.7 Å². The second-order valence-electron chi connectivity index (χ2n) is 8.40. The first-order chi connectivity index (χ1) is 13.3. The topological polar surface area (TPSA) is 9.23 Å². The molecule has 1 heteroatoms. The predicted octanol–water partition coefficient (Wildman–Crippen LogP) is 6.87.